The monoisotopic (exact) mass is 238 g/mol. The van der Waals surface area contributed by atoms with Crippen LogP contribution in [0.1, 0.15) is 26.2 Å². The van der Waals surface area contributed by atoms with Gasteiger partial charge in [-0.25, -0.2) is 4.98 Å². The molecule has 0 spiro atoms. The highest BCUT2D eigenvalue weighted by molar-refractivity contribution is 5.84. The Kier molecular flexibility index (Phi) is 3.73. The summed E-state index contributed by atoms with van der Waals surface area (Å²) in [7, 11) is 0. The van der Waals surface area contributed by atoms with E-state index in [1.807, 2.05) is 6.92 Å². The van der Waals surface area contributed by atoms with Crippen LogP contribution in [0.2, 0.25) is 0 Å². The van der Waals surface area contributed by atoms with E-state index in [2.05, 4.69) is 15.4 Å². The average Bonchev–Trinajstić information content (AvgIpc) is 2.83. The van der Waals surface area contributed by atoms with Crippen LogP contribution in [0.4, 0.5) is 0 Å². The molecule has 1 aliphatic rings. The Bertz CT molecular complexity index is 358. The van der Waals surface area contributed by atoms with Gasteiger partial charge in [-0.1, -0.05) is 0 Å². The molecule has 94 valence electrons. The van der Waals surface area contributed by atoms with E-state index < -0.39 is 5.60 Å². The summed E-state index contributed by atoms with van der Waals surface area (Å²) in [6.45, 7) is 3.70. The fourth-order valence-corrected chi connectivity index (χ4v) is 1.93. The number of carbonyl (C=O) groups excluding carboxylic acids is 1. The lowest BCUT2D eigenvalue weighted by molar-refractivity contribution is -0.150. The second kappa shape index (κ2) is 5.27. The van der Waals surface area contributed by atoms with Gasteiger partial charge in [0.1, 0.15) is 18.3 Å². The molecule has 0 saturated carbocycles. The molecule has 1 unspecified atom stereocenters. The highest BCUT2D eigenvalue weighted by Gasteiger charge is 2.35. The van der Waals surface area contributed by atoms with Crippen LogP contribution in [0.25, 0.3) is 0 Å². The summed E-state index contributed by atoms with van der Waals surface area (Å²) in [5.74, 6) is -0.0303. The van der Waals surface area contributed by atoms with Crippen LogP contribution in [-0.2, 0) is 16.1 Å². The van der Waals surface area contributed by atoms with Crippen LogP contribution in [-0.4, -0.2) is 39.4 Å². The summed E-state index contributed by atoms with van der Waals surface area (Å²) in [6, 6.07) is 0. The summed E-state index contributed by atoms with van der Waals surface area (Å²) in [4.78, 5) is 15.8. The molecular weight excluding hydrogens is 220 g/mol. The Morgan fingerprint density at radius 2 is 2.47 bits per heavy atom. The zero-order valence-corrected chi connectivity index (χ0v) is 10.1. The van der Waals surface area contributed by atoms with Crippen molar-refractivity contribution in [1.82, 2.24) is 20.1 Å². The van der Waals surface area contributed by atoms with Gasteiger partial charge in [0.15, 0.2) is 0 Å². The van der Waals surface area contributed by atoms with Crippen molar-refractivity contribution in [3.8, 4) is 0 Å². The predicted octanol–water partition coefficient (Wildman–Crippen LogP) is 0.353. The third-order valence-corrected chi connectivity index (χ3v) is 3.04. The van der Waals surface area contributed by atoms with Crippen molar-refractivity contribution in [3.05, 3.63) is 12.7 Å². The van der Waals surface area contributed by atoms with Gasteiger partial charge in [0.25, 0.3) is 5.91 Å². The summed E-state index contributed by atoms with van der Waals surface area (Å²) in [6.07, 6.45) is 6.00. The minimum absolute atomic E-state index is 0.0303. The number of aromatic nitrogens is 3. The topological polar surface area (TPSA) is 69.0 Å². The zero-order valence-electron chi connectivity index (χ0n) is 10.1. The van der Waals surface area contributed by atoms with Gasteiger partial charge in [-0.3, -0.25) is 9.48 Å². The molecule has 1 fully saturated rings. The molecule has 1 amide bonds. The smallest absolute Gasteiger partial charge is 0.252 e. The second-order valence-electron chi connectivity index (χ2n) is 4.45. The predicted molar refractivity (Wildman–Crippen MR) is 61.2 cm³/mol. The summed E-state index contributed by atoms with van der Waals surface area (Å²) >= 11 is 0. The Morgan fingerprint density at radius 3 is 3.12 bits per heavy atom. The molecule has 6 heteroatoms. The van der Waals surface area contributed by atoms with E-state index in [1.165, 1.54) is 6.33 Å². The first-order valence-corrected chi connectivity index (χ1v) is 5.95. The van der Waals surface area contributed by atoms with Crippen LogP contribution in [0.15, 0.2) is 12.7 Å². The normalized spacial score (nSPS) is 24.5. The van der Waals surface area contributed by atoms with Crippen molar-refractivity contribution < 1.29 is 9.53 Å². The second-order valence-corrected chi connectivity index (χ2v) is 4.45. The fraction of sp³-hybridized carbons (Fsp3) is 0.727. The lowest BCUT2D eigenvalue weighted by atomic mass is 9.95. The molecule has 1 aliphatic heterocycles. The minimum Gasteiger partial charge on any atom is -0.365 e. The van der Waals surface area contributed by atoms with Crippen molar-refractivity contribution in [3.63, 3.8) is 0 Å². The Balaban J connectivity index is 1.76. The first-order valence-electron chi connectivity index (χ1n) is 5.95. The van der Waals surface area contributed by atoms with E-state index in [4.69, 9.17) is 4.74 Å². The molecule has 0 bridgehead atoms. The molecule has 1 saturated heterocycles. The summed E-state index contributed by atoms with van der Waals surface area (Å²) < 4.78 is 7.25. The van der Waals surface area contributed by atoms with Gasteiger partial charge in [-0.15, -0.1) is 0 Å². The molecule has 0 aliphatic carbocycles. The molecule has 17 heavy (non-hydrogen) atoms. The number of hydrogen-bond acceptors (Lipinski definition) is 4. The third-order valence-electron chi connectivity index (χ3n) is 3.04. The van der Waals surface area contributed by atoms with Crippen LogP contribution in [0.3, 0.4) is 0 Å². The number of rotatable bonds is 4. The van der Waals surface area contributed by atoms with Crippen LogP contribution in [0.5, 0.6) is 0 Å². The van der Waals surface area contributed by atoms with E-state index in [0.29, 0.717) is 19.7 Å². The highest BCUT2D eigenvalue weighted by Crippen LogP contribution is 2.24. The van der Waals surface area contributed by atoms with Crippen molar-refractivity contribution in [2.24, 2.45) is 0 Å². The Labute approximate surface area is 100 Å². The molecule has 1 atom stereocenters. The third kappa shape index (κ3) is 3.03. The van der Waals surface area contributed by atoms with Gasteiger partial charge in [0.05, 0.1) is 6.54 Å². The Hall–Kier alpha value is -1.43. The van der Waals surface area contributed by atoms with E-state index in [-0.39, 0.29) is 5.91 Å². The van der Waals surface area contributed by atoms with Crippen molar-refractivity contribution >= 4 is 5.91 Å². The van der Waals surface area contributed by atoms with Crippen LogP contribution < -0.4 is 5.32 Å². The fourth-order valence-electron chi connectivity index (χ4n) is 1.93. The van der Waals surface area contributed by atoms with Crippen LogP contribution in [0, 0.1) is 0 Å². The van der Waals surface area contributed by atoms with Gasteiger partial charge in [0.2, 0.25) is 0 Å². The quantitative estimate of drug-likeness (QED) is 0.822. The number of nitrogens with one attached hydrogen (secondary N) is 1. The van der Waals surface area contributed by atoms with Crippen LogP contribution >= 0.6 is 0 Å². The number of amides is 1. The number of carbonyl (C=O) groups is 1. The van der Waals surface area contributed by atoms with Gasteiger partial charge in [0, 0.05) is 13.2 Å². The van der Waals surface area contributed by atoms with Gasteiger partial charge < -0.3 is 10.1 Å². The lowest BCUT2D eigenvalue weighted by Crippen LogP contribution is -2.49. The molecule has 2 rings (SSSR count). The first-order chi connectivity index (χ1) is 8.21. The van der Waals surface area contributed by atoms with E-state index in [0.717, 1.165) is 19.3 Å². The molecule has 1 aromatic heterocycles. The van der Waals surface area contributed by atoms with Gasteiger partial charge in [-0.2, -0.15) is 5.10 Å². The van der Waals surface area contributed by atoms with Crippen molar-refractivity contribution in [2.45, 2.75) is 38.3 Å². The number of hydrogen-bond donors (Lipinski definition) is 1. The van der Waals surface area contributed by atoms with E-state index in [1.54, 1.807) is 11.0 Å². The minimum atomic E-state index is -0.652. The molecule has 1 aromatic rings. The highest BCUT2D eigenvalue weighted by atomic mass is 16.5. The molecule has 1 N–H and O–H groups in total. The maximum absolute atomic E-state index is 12.0. The molecule has 0 aromatic carbocycles. The number of ether oxygens (including phenoxy) is 1. The molecule has 6 nitrogen and oxygen atoms in total. The molecule has 0 radical (unpaired) electrons. The number of nitrogens with zero attached hydrogens (tertiary/aromatic N) is 3. The van der Waals surface area contributed by atoms with Crippen molar-refractivity contribution in [2.75, 3.05) is 13.2 Å². The van der Waals surface area contributed by atoms with E-state index in [9.17, 15) is 4.79 Å². The van der Waals surface area contributed by atoms with Gasteiger partial charge in [-0.05, 0) is 26.2 Å². The Morgan fingerprint density at radius 1 is 1.59 bits per heavy atom. The SMILES string of the molecule is CC1(C(=O)NCCn2cncn2)CCCCO1. The average molecular weight is 238 g/mol. The summed E-state index contributed by atoms with van der Waals surface area (Å²) in [5.41, 5.74) is -0.652. The van der Waals surface area contributed by atoms with E-state index >= 15 is 0 Å². The maximum atomic E-state index is 12.0. The van der Waals surface area contributed by atoms with Gasteiger partial charge >= 0.3 is 0 Å². The first kappa shape index (κ1) is 12.0. The summed E-state index contributed by atoms with van der Waals surface area (Å²) in [5, 5.41) is 6.84. The largest absolute Gasteiger partial charge is 0.365 e. The zero-order chi connectivity index (χ0) is 12.1. The lowest BCUT2D eigenvalue weighted by Gasteiger charge is -2.32. The molecule has 2 heterocycles. The maximum Gasteiger partial charge on any atom is 0.252 e. The molecular formula is C11H18N4O2. The van der Waals surface area contributed by atoms with Crippen molar-refractivity contribution in [1.29, 1.82) is 0 Å². The standard InChI is InChI=1S/C11H18N4O2/c1-11(4-2-3-7-17-11)10(16)13-5-6-15-9-12-8-14-15/h8-9H,2-7H2,1H3,(H,13,16).